The number of rotatable bonds is 7. The maximum Gasteiger partial charge on any atom is 0.0785 e. The van der Waals surface area contributed by atoms with Gasteiger partial charge < -0.3 is 15.2 Å². The molecule has 0 bridgehead atoms. The number of nitrogens with one attached hydrogen (secondary N) is 1. The first-order valence-corrected chi connectivity index (χ1v) is 7.39. The Morgan fingerprint density at radius 3 is 3.17 bits per heavy atom. The molecule has 100 valence electrons. The normalized spacial score (nSPS) is 19.8. The van der Waals surface area contributed by atoms with Gasteiger partial charge in [-0.2, -0.15) is 0 Å². The van der Waals surface area contributed by atoms with Crippen LogP contribution in [0.25, 0.3) is 0 Å². The van der Waals surface area contributed by atoms with Crippen molar-refractivity contribution in [2.24, 2.45) is 0 Å². The summed E-state index contributed by atoms with van der Waals surface area (Å²) in [7, 11) is 1.61. The number of fused-ring (bicyclic) bond motifs is 1. The molecule has 0 spiro atoms. The Morgan fingerprint density at radius 1 is 1.50 bits per heavy atom. The lowest BCUT2D eigenvalue weighted by Crippen LogP contribution is -2.27. The molecule has 0 aromatic heterocycles. The molecule has 1 heterocycles. The van der Waals surface area contributed by atoms with Crippen LogP contribution in [0, 0.1) is 0 Å². The standard InChI is InChI=1S/C14H21NO2S/c1-17-9-12(16)6-7-15-8-11-10-18-14-5-3-2-4-13(11)14/h2-5,11-12,15-16H,6-10H2,1H3. The van der Waals surface area contributed by atoms with Gasteiger partial charge in [0.15, 0.2) is 0 Å². The molecule has 0 fully saturated rings. The third-order valence-electron chi connectivity index (χ3n) is 3.20. The fourth-order valence-electron chi connectivity index (χ4n) is 2.22. The van der Waals surface area contributed by atoms with Gasteiger partial charge in [0.25, 0.3) is 0 Å². The number of thioether (sulfide) groups is 1. The molecular formula is C14H21NO2S. The van der Waals surface area contributed by atoms with Crippen molar-refractivity contribution < 1.29 is 9.84 Å². The van der Waals surface area contributed by atoms with E-state index in [2.05, 4.69) is 29.6 Å². The molecule has 18 heavy (non-hydrogen) atoms. The number of ether oxygens (including phenoxy) is 1. The summed E-state index contributed by atoms with van der Waals surface area (Å²) in [6.45, 7) is 2.25. The van der Waals surface area contributed by atoms with Crippen LogP contribution in [0.15, 0.2) is 29.2 Å². The Balaban J connectivity index is 1.69. The van der Waals surface area contributed by atoms with Crippen LogP contribution in [0.5, 0.6) is 0 Å². The first-order valence-electron chi connectivity index (χ1n) is 6.40. The summed E-state index contributed by atoms with van der Waals surface area (Å²) in [6, 6.07) is 8.63. The molecule has 0 saturated carbocycles. The Hall–Kier alpha value is -0.550. The highest BCUT2D eigenvalue weighted by molar-refractivity contribution is 7.99. The lowest BCUT2D eigenvalue weighted by atomic mass is 10.0. The van der Waals surface area contributed by atoms with E-state index < -0.39 is 0 Å². The third-order valence-corrected chi connectivity index (χ3v) is 4.45. The van der Waals surface area contributed by atoms with E-state index in [1.165, 1.54) is 10.5 Å². The van der Waals surface area contributed by atoms with Crippen LogP contribution in [0.4, 0.5) is 0 Å². The fraction of sp³-hybridized carbons (Fsp3) is 0.571. The highest BCUT2D eigenvalue weighted by atomic mass is 32.2. The van der Waals surface area contributed by atoms with Gasteiger partial charge in [0.2, 0.25) is 0 Å². The maximum atomic E-state index is 9.53. The molecule has 0 amide bonds. The van der Waals surface area contributed by atoms with Crippen molar-refractivity contribution in [2.45, 2.75) is 23.3 Å². The topological polar surface area (TPSA) is 41.5 Å². The second-order valence-corrected chi connectivity index (χ2v) is 5.71. The molecule has 4 heteroatoms. The van der Waals surface area contributed by atoms with Crippen LogP contribution >= 0.6 is 11.8 Å². The summed E-state index contributed by atoms with van der Waals surface area (Å²) in [5.74, 6) is 1.76. The maximum absolute atomic E-state index is 9.53. The van der Waals surface area contributed by atoms with Crippen LogP contribution in [-0.4, -0.2) is 43.8 Å². The predicted molar refractivity (Wildman–Crippen MR) is 75.3 cm³/mol. The Morgan fingerprint density at radius 2 is 2.33 bits per heavy atom. The van der Waals surface area contributed by atoms with Gasteiger partial charge in [-0.05, 0) is 24.6 Å². The van der Waals surface area contributed by atoms with E-state index in [1.54, 1.807) is 7.11 Å². The van der Waals surface area contributed by atoms with Crippen LogP contribution in [0.2, 0.25) is 0 Å². The zero-order valence-electron chi connectivity index (χ0n) is 10.8. The van der Waals surface area contributed by atoms with Gasteiger partial charge in [0.05, 0.1) is 12.7 Å². The average molecular weight is 267 g/mol. The molecule has 1 aromatic rings. The highest BCUT2D eigenvalue weighted by Gasteiger charge is 2.21. The minimum Gasteiger partial charge on any atom is -0.391 e. The van der Waals surface area contributed by atoms with E-state index >= 15 is 0 Å². The monoisotopic (exact) mass is 267 g/mol. The van der Waals surface area contributed by atoms with E-state index in [9.17, 15) is 5.11 Å². The van der Waals surface area contributed by atoms with Crippen molar-refractivity contribution in [2.75, 3.05) is 32.6 Å². The largest absolute Gasteiger partial charge is 0.391 e. The number of aliphatic hydroxyl groups is 1. The quantitative estimate of drug-likeness (QED) is 0.740. The van der Waals surface area contributed by atoms with Gasteiger partial charge in [-0.25, -0.2) is 0 Å². The molecule has 1 aromatic carbocycles. The first-order chi connectivity index (χ1) is 8.81. The molecule has 2 unspecified atom stereocenters. The summed E-state index contributed by atoms with van der Waals surface area (Å²) < 4.78 is 4.90. The molecule has 0 radical (unpaired) electrons. The predicted octanol–water partition coefficient (Wildman–Crippen LogP) is 1.86. The first kappa shape index (κ1) is 13.9. The van der Waals surface area contributed by atoms with Crippen LogP contribution < -0.4 is 5.32 Å². The number of benzene rings is 1. The zero-order valence-corrected chi connectivity index (χ0v) is 11.6. The van der Waals surface area contributed by atoms with Crippen LogP contribution in [-0.2, 0) is 4.74 Å². The SMILES string of the molecule is COCC(O)CCNCC1CSc2ccccc21. The van der Waals surface area contributed by atoms with Crippen LogP contribution in [0.3, 0.4) is 0 Å². The van der Waals surface area contributed by atoms with Crippen molar-refractivity contribution in [3.63, 3.8) is 0 Å². The van der Waals surface area contributed by atoms with Crippen molar-refractivity contribution >= 4 is 11.8 Å². The Bertz CT molecular complexity index is 373. The van der Waals surface area contributed by atoms with Gasteiger partial charge in [-0.15, -0.1) is 11.8 Å². The summed E-state index contributed by atoms with van der Waals surface area (Å²) in [5.41, 5.74) is 1.47. The number of methoxy groups -OCH3 is 1. The lowest BCUT2D eigenvalue weighted by molar-refractivity contribution is 0.0594. The lowest BCUT2D eigenvalue weighted by Gasteiger charge is -2.13. The second-order valence-electron chi connectivity index (χ2n) is 4.65. The summed E-state index contributed by atoms with van der Waals surface area (Å²) in [4.78, 5) is 1.42. The summed E-state index contributed by atoms with van der Waals surface area (Å²) in [5, 5.41) is 13.0. The van der Waals surface area contributed by atoms with Crippen molar-refractivity contribution in [3.8, 4) is 0 Å². The minimum atomic E-state index is -0.354. The Kier molecular flexibility index (Phi) is 5.50. The molecule has 2 rings (SSSR count). The van der Waals surface area contributed by atoms with E-state index in [-0.39, 0.29) is 6.10 Å². The van der Waals surface area contributed by atoms with E-state index in [0.29, 0.717) is 12.5 Å². The average Bonchev–Trinajstić information content (AvgIpc) is 2.78. The van der Waals surface area contributed by atoms with Crippen molar-refractivity contribution in [1.29, 1.82) is 0 Å². The second kappa shape index (κ2) is 7.14. The smallest absolute Gasteiger partial charge is 0.0785 e. The molecule has 3 nitrogen and oxygen atoms in total. The van der Waals surface area contributed by atoms with Gasteiger partial charge in [0, 0.05) is 30.2 Å². The number of hydrogen-bond donors (Lipinski definition) is 2. The number of aliphatic hydroxyl groups excluding tert-OH is 1. The molecule has 1 aliphatic heterocycles. The molecular weight excluding hydrogens is 246 g/mol. The fourth-order valence-corrected chi connectivity index (χ4v) is 3.47. The van der Waals surface area contributed by atoms with Crippen molar-refractivity contribution in [3.05, 3.63) is 29.8 Å². The van der Waals surface area contributed by atoms with Gasteiger partial charge >= 0.3 is 0 Å². The molecule has 0 saturated heterocycles. The van der Waals surface area contributed by atoms with E-state index in [1.807, 2.05) is 11.8 Å². The molecule has 2 N–H and O–H groups in total. The summed E-state index contributed by atoms with van der Waals surface area (Å²) in [6.07, 6.45) is 0.391. The van der Waals surface area contributed by atoms with E-state index in [0.717, 1.165) is 25.3 Å². The molecule has 1 aliphatic rings. The van der Waals surface area contributed by atoms with Crippen LogP contribution in [0.1, 0.15) is 17.9 Å². The van der Waals surface area contributed by atoms with Gasteiger partial charge in [0.1, 0.15) is 0 Å². The minimum absolute atomic E-state index is 0.354. The van der Waals surface area contributed by atoms with E-state index in [4.69, 9.17) is 4.74 Å². The van der Waals surface area contributed by atoms with Gasteiger partial charge in [-0.1, -0.05) is 18.2 Å². The Labute approximate surface area is 113 Å². The third kappa shape index (κ3) is 3.72. The van der Waals surface area contributed by atoms with Crippen molar-refractivity contribution in [1.82, 2.24) is 5.32 Å². The highest BCUT2D eigenvalue weighted by Crippen LogP contribution is 2.38. The number of hydrogen-bond acceptors (Lipinski definition) is 4. The molecule has 0 aliphatic carbocycles. The molecule has 2 atom stereocenters. The zero-order chi connectivity index (χ0) is 12.8. The summed E-state index contributed by atoms with van der Waals surface area (Å²) >= 11 is 1.94. The van der Waals surface area contributed by atoms with Gasteiger partial charge in [-0.3, -0.25) is 0 Å².